The Hall–Kier alpha value is -3.01. The highest BCUT2D eigenvalue weighted by molar-refractivity contribution is 7.91. The second-order valence-corrected chi connectivity index (χ2v) is 8.95. The molecule has 1 fully saturated rings. The van der Waals surface area contributed by atoms with Gasteiger partial charge < -0.3 is 9.64 Å². The lowest BCUT2D eigenvalue weighted by Crippen LogP contribution is -2.43. The van der Waals surface area contributed by atoms with Crippen molar-refractivity contribution in [2.24, 2.45) is 0 Å². The molecule has 0 saturated carbocycles. The maximum absolute atomic E-state index is 13.5. The molecule has 1 amide bonds. The van der Waals surface area contributed by atoms with Crippen molar-refractivity contribution in [1.82, 2.24) is 4.90 Å². The number of ether oxygens (including phenoxy) is 1. The number of benzene rings is 2. The summed E-state index contributed by atoms with van der Waals surface area (Å²) >= 11 is 0. The summed E-state index contributed by atoms with van der Waals surface area (Å²) in [5.41, 5.74) is 0.230. The van der Waals surface area contributed by atoms with Crippen LogP contribution in [0, 0.1) is 15.9 Å². The van der Waals surface area contributed by atoms with Crippen LogP contribution in [-0.2, 0) is 21.2 Å². The number of nitro benzene ring substituents is 1. The SMILES string of the molecule is O=C(COc1ccccc1[N+](=O)[O-])N(Cc1cccc(F)c1)[C@@H]1CCS(=O)(=O)C1. The van der Waals surface area contributed by atoms with Crippen LogP contribution in [0.25, 0.3) is 0 Å². The third kappa shape index (κ3) is 5.29. The lowest BCUT2D eigenvalue weighted by Gasteiger charge is -2.28. The second kappa shape index (κ2) is 8.56. The van der Waals surface area contributed by atoms with Gasteiger partial charge in [0.25, 0.3) is 5.91 Å². The van der Waals surface area contributed by atoms with Gasteiger partial charge >= 0.3 is 5.69 Å². The van der Waals surface area contributed by atoms with Crippen molar-refractivity contribution in [3.63, 3.8) is 0 Å². The van der Waals surface area contributed by atoms with Crippen LogP contribution in [0.4, 0.5) is 10.1 Å². The molecule has 2 aromatic carbocycles. The van der Waals surface area contributed by atoms with E-state index in [4.69, 9.17) is 4.74 Å². The minimum absolute atomic E-state index is 0.0109. The first-order chi connectivity index (χ1) is 13.7. The van der Waals surface area contributed by atoms with Gasteiger partial charge in [0.05, 0.1) is 16.4 Å². The van der Waals surface area contributed by atoms with Gasteiger partial charge in [-0.15, -0.1) is 0 Å². The Morgan fingerprint density at radius 2 is 2.00 bits per heavy atom. The van der Waals surface area contributed by atoms with Crippen molar-refractivity contribution in [1.29, 1.82) is 0 Å². The minimum atomic E-state index is -3.26. The summed E-state index contributed by atoms with van der Waals surface area (Å²) < 4.78 is 42.6. The van der Waals surface area contributed by atoms with E-state index >= 15 is 0 Å². The summed E-state index contributed by atoms with van der Waals surface area (Å²) in [4.78, 5) is 24.6. The first-order valence-electron chi connectivity index (χ1n) is 8.86. The van der Waals surface area contributed by atoms with E-state index in [1.807, 2.05) is 0 Å². The molecule has 0 aliphatic carbocycles. The highest BCUT2D eigenvalue weighted by Gasteiger charge is 2.35. The van der Waals surface area contributed by atoms with Crippen LogP contribution in [0.5, 0.6) is 5.75 Å². The standard InChI is InChI=1S/C19H19FN2O6S/c20-15-5-3-4-14(10-15)11-21(16-8-9-29(26,27)13-16)19(23)12-28-18-7-2-1-6-17(18)22(24)25/h1-7,10,16H,8-9,11-13H2/t16-/m1/s1. The number of hydrogen-bond acceptors (Lipinski definition) is 6. The molecule has 0 bridgehead atoms. The molecule has 1 aliphatic rings. The Bertz CT molecular complexity index is 1030. The van der Waals surface area contributed by atoms with E-state index in [0.29, 0.717) is 5.56 Å². The summed E-state index contributed by atoms with van der Waals surface area (Å²) in [6, 6.07) is 10.8. The number of nitrogens with zero attached hydrogens (tertiary/aromatic N) is 2. The fourth-order valence-corrected chi connectivity index (χ4v) is 4.96. The van der Waals surface area contributed by atoms with Crippen LogP contribution in [0.3, 0.4) is 0 Å². The van der Waals surface area contributed by atoms with Crippen molar-refractivity contribution in [3.05, 3.63) is 70.0 Å². The topological polar surface area (TPSA) is 107 Å². The Kier molecular flexibility index (Phi) is 6.12. The minimum Gasteiger partial charge on any atom is -0.477 e. The second-order valence-electron chi connectivity index (χ2n) is 6.72. The zero-order chi connectivity index (χ0) is 21.0. The Morgan fingerprint density at radius 3 is 2.66 bits per heavy atom. The molecule has 1 heterocycles. The first-order valence-corrected chi connectivity index (χ1v) is 10.7. The van der Waals surface area contributed by atoms with E-state index in [0.717, 1.165) is 0 Å². The summed E-state index contributed by atoms with van der Waals surface area (Å²) in [5.74, 6) is -1.27. The van der Waals surface area contributed by atoms with Crippen LogP contribution in [0.15, 0.2) is 48.5 Å². The fourth-order valence-electron chi connectivity index (χ4n) is 3.23. The molecule has 3 rings (SSSR count). The van der Waals surface area contributed by atoms with Gasteiger partial charge in [-0.2, -0.15) is 0 Å². The quantitative estimate of drug-likeness (QED) is 0.501. The molecule has 10 heteroatoms. The van der Waals surface area contributed by atoms with Gasteiger partial charge in [-0.3, -0.25) is 14.9 Å². The van der Waals surface area contributed by atoms with Crippen LogP contribution in [0.2, 0.25) is 0 Å². The molecular formula is C19H19FN2O6S. The van der Waals surface area contributed by atoms with Crippen molar-refractivity contribution >= 4 is 21.4 Å². The van der Waals surface area contributed by atoms with E-state index in [1.54, 1.807) is 12.1 Å². The fraction of sp³-hybridized carbons (Fsp3) is 0.316. The van der Waals surface area contributed by atoms with Crippen molar-refractivity contribution < 1.29 is 27.3 Å². The molecule has 29 heavy (non-hydrogen) atoms. The molecule has 1 aliphatic heterocycles. The van der Waals surface area contributed by atoms with Crippen molar-refractivity contribution in [3.8, 4) is 5.75 Å². The molecule has 0 unspecified atom stereocenters. The monoisotopic (exact) mass is 422 g/mol. The number of rotatable bonds is 7. The number of amides is 1. The predicted molar refractivity (Wildman–Crippen MR) is 103 cm³/mol. The third-order valence-electron chi connectivity index (χ3n) is 4.62. The molecule has 0 aromatic heterocycles. The smallest absolute Gasteiger partial charge is 0.310 e. The van der Waals surface area contributed by atoms with Crippen LogP contribution < -0.4 is 4.74 Å². The van der Waals surface area contributed by atoms with E-state index in [9.17, 15) is 27.7 Å². The first kappa shape index (κ1) is 20.7. The van der Waals surface area contributed by atoms with Crippen LogP contribution >= 0.6 is 0 Å². The van der Waals surface area contributed by atoms with Gasteiger partial charge in [0.1, 0.15) is 5.82 Å². The highest BCUT2D eigenvalue weighted by atomic mass is 32.2. The van der Waals surface area contributed by atoms with Gasteiger partial charge in [-0.05, 0) is 30.2 Å². The lowest BCUT2D eigenvalue weighted by atomic mass is 10.1. The molecule has 1 atom stereocenters. The normalized spacial score (nSPS) is 17.6. The molecule has 0 radical (unpaired) electrons. The zero-order valence-electron chi connectivity index (χ0n) is 15.4. The average Bonchev–Trinajstić information content (AvgIpc) is 3.04. The lowest BCUT2D eigenvalue weighted by molar-refractivity contribution is -0.385. The number of halogens is 1. The molecule has 8 nitrogen and oxygen atoms in total. The molecule has 0 N–H and O–H groups in total. The third-order valence-corrected chi connectivity index (χ3v) is 6.37. The summed E-state index contributed by atoms with van der Waals surface area (Å²) in [6.07, 6.45) is 0.273. The largest absolute Gasteiger partial charge is 0.477 e. The Morgan fingerprint density at radius 1 is 1.24 bits per heavy atom. The zero-order valence-corrected chi connectivity index (χ0v) is 16.2. The number of carbonyl (C=O) groups is 1. The van der Waals surface area contributed by atoms with E-state index in [2.05, 4.69) is 0 Å². The molecule has 154 valence electrons. The molecule has 2 aromatic rings. The Balaban J connectivity index is 1.78. The van der Waals surface area contributed by atoms with Gasteiger partial charge in [0.15, 0.2) is 22.2 Å². The summed E-state index contributed by atoms with van der Waals surface area (Å²) in [6.45, 7) is -0.492. The maximum atomic E-state index is 13.5. The van der Waals surface area contributed by atoms with Gasteiger partial charge in [0, 0.05) is 18.7 Å². The number of sulfone groups is 1. The molecule has 1 saturated heterocycles. The van der Waals surface area contributed by atoms with Gasteiger partial charge in [0.2, 0.25) is 0 Å². The highest BCUT2D eigenvalue weighted by Crippen LogP contribution is 2.26. The van der Waals surface area contributed by atoms with Crippen molar-refractivity contribution in [2.45, 2.75) is 19.0 Å². The van der Waals surface area contributed by atoms with Gasteiger partial charge in [-0.25, -0.2) is 12.8 Å². The average molecular weight is 422 g/mol. The molecule has 0 spiro atoms. The van der Waals surface area contributed by atoms with E-state index in [-0.39, 0.29) is 35.9 Å². The van der Waals surface area contributed by atoms with Gasteiger partial charge in [-0.1, -0.05) is 24.3 Å². The number of nitro groups is 1. The Labute approximate surface area is 167 Å². The van der Waals surface area contributed by atoms with Crippen LogP contribution in [-0.4, -0.2) is 48.3 Å². The summed E-state index contributed by atoms with van der Waals surface area (Å²) in [5, 5.41) is 11.1. The maximum Gasteiger partial charge on any atom is 0.310 e. The van der Waals surface area contributed by atoms with E-state index < -0.39 is 39.1 Å². The van der Waals surface area contributed by atoms with Crippen LogP contribution in [0.1, 0.15) is 12.0 Å². The number of para-hydroxylation sites is 2. The predicted octanol–water partition coefficient (Wildman–Crippen LogP) is 2.33. The molecular weight excluding hydrogens is 403 g/mol. The summed E-state index contributed by atoms with van der Waals surface area (Å²) in [7, 11) is -3.26. The van der Waals surface area contributed by atoms with Crippen molar-refractivity contribution in [2.75, 3.05) is 18.1 Å². The number of hydrogen-bond donors (Lipinski definition) is 0. The number of carbonyl (C=O) groups excluding carboxylic acids is 1. The van der Waals surface area contributed by atoms with E-state index in [1.165, 1.54) is 41.3 Å².